The van der Waals surface area contributed by atoms with Crippen molar-refractivity contribution in [1.29, 1.82) is 0 Å². The summed E-state index contributed by atoms with van der Waals surface area (Å²) < 4.78 is 0. The number of ketones is 1. The van der Waals surface area contributed by atoms with Crippen LogP contribution in [0.3, 0.4) is 0 Å². The van der Waals surface area contributed by atoms with Gasteiger partial charge in [-0.1, -0.05) is 19.1 Å². The lowest BCUT2D eigenvalue weighted by Gasteiger charge is -2.10. The average molecular weight is 374 g/mol. The first kappa shape index (κ1) is 19.2. The third-order valence-corrected chi connectivity index (χ3v) is 4.25. The van der Waals surface area contributed by atoms with E-state index in [0.29, 0.717) is 22.9 Å². The first-order chi connectivity index (χ1) is 13.4. The van der Waals surface area contributed by atoms with Gasteiger partial charge >= 0.3 is 0 Å². The van der Waals surface area contributed by atoms with Crippen molar-refractivity contribution in [2.24, 2.45) is 0 Å². The van der Waals surface area contributed by atoms with Gasteiger partial charge in [0.25, 0.3) is 5.91 Å². The van der Waals surface area contributed by atoms with Crippen LogP contribution in [0.1, 0.15) is 46.1 Å². The van der Waals surface area contributed by atoms with Crippen molar-refractivity contribution in [3.63, 3.8) is 0 Å². The molecule has 0 radical (unpaired) electrons. The molecule has 1 heterocycles. The lowest BCUT2D eigenvalue weighted by Crippen LogP contribution is -2.15. The number of hydrogen-bond donors (Lipinski definition) is 2. The summed E-state index contributed by atoms with van der Waals surface area (Å²) in [6.45, 7) is 5.34. The summed E-state index contributed by atoms with van der Waals surface area (Å²) in [4.78, 5) is 32.5. The number of nitrogens with zero attached hydrogens (tertiary/aromatic N) is 2. The number of benzene rings is 2. The van der Waals surface area contributed by atoms with E-state index in [-0.39, 0.29) is 17.4 Å². The van der Waals surface area contributed by atoms with Crippen LogP contribution in [0.4, 0.5) is 17.2 Å². The molecule has 142 valence electrons. The van der Waals surface area contributed by atoms with Gasteiger partial charge in [0.05, 0.1) is 0 Å². The molecular formula is C22H22N4O2. The fourth-order valence-electron chi connectivity index (χ4n) is 2.70. The van der Waals surface area contributed by atoms with Crippen molar-refractivity contribution in [1.82, 2.24) is 9.97 Å². The maximum atomic E-state index is 12.6. The van der Waals surface area contributed by atoms with Crippen molar-refractivity contribution >= 4 is 28.9 Å². The van der Waals surface area contributed by atoms with Gasteiger partial charge in [-0.25, -0.2) is 9.97 Å². The third-order valence-electron chi connectivity index (χ3n) is 4.25. The van der Waals surface area contributed by atoms with E-state index in [1.807, 2.05) is 24.3 Å². The van der Waals surface area contributed by atoms with Crippen molar-refractivity contribution in [3.8, 4) is 0 Å². The Labute approximate surface area is 164 Å². The molecule has 3 aromatic rings. The molecule has 0 aliphatic carbocycles. The van der Waals surface area contributed by atoms with Gasteiger partial charge in [-0.2, -0.15) is 0 Å². The molecule has 2 aromatic carbocycles. The molecule has 3 rings (SSSR count). The predicted molar refractivity (Wildman–Crippen MR) is 110 cm³/mol. The highest BCUT2D eigenvalue weighted by molar-refractivity contribution is 6.03. The fraction of sp³-hybridized carbons (Fsp3) is 0.182. The zero-order valence-electron chi connectivity index (χ0n) is 16.1. The van der Waals surface area contributed by atoms with E-state index in [0.717, 1.165) is 12.1 Å². The van der Waals surface area contributed by atoms with Gasteiger partial charge in [-0.15, -0.1) is 0 Å². The summed E-state index contributed by atoms with van der Waals surface area (Å²) in [5.74, 6) is 0.700. The number of hydrogen-bond acceptors (Lipinski definition) is 5. The molecule has 0 saturated heterocycles. The van der Waals surface area contributed by atoms with Crippen LogP contribution in [0, 0.1) is 6.92 Å². The molecule has 2 N–H and O–H groups in total. The summed E-state index contributed by atoms with van der Waals surface area (Å²) in [6, 6.07) is 16.4. The van der Waals surface area contributed by atoms with Crippen LogP contribution in [-0.4, -0.2) is 21.7 Å². The molecule has 6 heteroatoms. The molecule has 0 spiro atoms. The molecule has 1 amide bonds. The van der Waals surface area contributed by atoms with Crippen LogP contribution in [0.15, 0.2) is 54.6 Å². The molecule has 0 aliphatic rings. The molecule has 0 aliphatic heterocycles. The number of rotatable bonds is 6. The molecule has 6 nitrogen and oxygen atoms in total. The minimum atomic E-state index is -0.301. The molecule has 0 fully saturated rings. The van der Waals surface area contributed by atoms with Gasteiger partial charge in [0.15, 0.2) is 5.78 Å². The number of Topliss-reactive ketones (excluding diaryl/α,β-unsaturated/α-hetero) is 1. The SMILES string of the molecule is CCc1ccc(NC(=O)c2cc(Nc3ccc(C(C)=O)cc3)nc(C)n2)cc1. The Kier molecular flexibility index (Phi) is 5.79. The van der Waals surface area contributed by atoms with Crippen LogP contribution < -0.4 is 10.6 Å². The van der Waals surface area contributed by atoms with Crippen molar-refractivity contribution < 1.29 is 9.59 Å². The van der Waals surface area contributed by atoms with Gasteiger partial charge in [0, 0.05) is 23.0 Å². The van der Waals surface area contributed by atoms with Crippen molar-refractivity contribution in [3.05, 3.63) is 77.2 Å². The predicted octanol–water partition coefficient (Wildman–Crippen LogP) is 4.55. The minimum Gasteiger partial charge on any atom is -0.340 e. The largest absolute Gasteiger partial charge is 0.340 e. The van der Waals surface area contributed by atoms with Crippen LogP contribution in [-0.2, 0) is 6.42 Å². The van der Waals surface area contributed by atoms with Gasteiger partial charge in [-0.3, -0.25) is 9.59 Å². The molecular weight excluding hydrogens is 352 g/mol. The topological polar surface area (TPSA) is 84.0 Å². The zero-order chi connectivity index (χ0) is 20.1. The van der Waals surface area contributed by atoms with Crippen LogP contribution in [0.25, 0.3) is 0 Å². The molecule has 28 heavy (non-hydrogen) atoms. The second kappa shape index (κ2) is 8.43. The molecule has 0 saturated carbocycles. The van der Waals surface area contributed by atoms with E-state index >= 15 is 0 Å². The Morgan fingerprint density at radius 1 is 0.929 bits per heavy atom. The lowest BCUT2D eigenvalue weighted by molar-refractivity contribution is 0.101. The maximum Gasteiger partial charge on any atom is 0.274 e. The normalized spacial score (nSPS) is 10.4. The molecule has 0 bridgehead atoms. The van der Waals surface area contributed by atoms with Gasteiger partial charge in [-0.05, 0) is 62.2 Å². The highest BCUT2D eigenvalue weighted by Gasteiger charge is 2.11. The molecule has 0 unspecified atom stereocenters. The number of carbonyl (C=O) groups excluding carboxylic acids is 2. The van der Waals surface area contributed by atoms with E-state index in [9.17, 15) is 9.59 Å². The number of aryl methyl sites for hydroxylation is 2. The number of aromatic nitrogens is 2. The summed E-state index contributed by atoms with van der Waals surface area (Å²) in [7, 11) is 0. The maximum absolute atomic E-state index is 12.6. The van der Waals surface area contributed by atoms with Gasteiger partial charge in [0.1, 0.15) is 17.3 Å². The highest BCUT2D eigenvalue weighted by Crippen LogP contribution is 2.18. The summed E-state index contributed by atoms with van der Waals surface area (Å²) in [6.07, 6.45) is 0.946. The van der Waals surface area contributed by atoms with E-state index in [1.165, 1.54) is 12.5 Å². The average Bonchev–Trinajstić information content (AvgIpc) is 2.68. The molecule has 0 atom stereocenters. The fourth-order valence-corrected chi connectivity index (χ4v) is 2.70. The Hall–Kier alpha value is -3.54. The van der Waals surface area contributed by atoms with Crippen LogP contribution in [0.2, 0.25) is 0 Å². The lowest BCUT2D eigenvalue weighted by atomic mass is 10.1. The zero-order valence-corrected chi connectivity index (χ0v) is 16.1. The smallest absolute Gasteiger partial charge is 0.274 e. The van der Waals surface area contributed by atoms with Crippen LogP contribution in [0.5, 0.6) is 0 Å². The number of amides is 1. The third kappa shape index (κ3) is 4.79. The van der Waals surface area contributed by atoms with Gasteiger partial charge < -0.3 is 10.6 Å². The Balaban J connectivity index is 1.76. The molecule has 1 aromatic heterocycles. The Bertz CT molecular complexity index is 996. The van der Waals surface area contributed by atoms with Crippen LogP contribution >= 0.6 is 0 Å². The summed E-state index contributed by atoms with van der Waals surface area (Å²) in [5, 5.41) is 6.00. The monoisotopic (exact) mass is 374 g/mol. The quantitative estimate of drug-likeness (QED) is 0.619. The van der Waals surface area contributed by atoms with Gasteiger partial charge in [0.2, 0.25) is 0 Å². The second-order valence-corrected chi connectivity index (χ2v) is 6.45. The van der Waals surface area contributed by atoms with E-state index in [4.69, 9.17) is 0 Å². The highest BCUT2D eigenvalue weighted by atomic mass is 16.2. The Morgan fingerprint density at radius 3 is 2.18 bits per heavy atom. The summed E-state index contributed by atoms with van der Waals surface area (Å²) >= 11 is 0. The van der Waals surface area contributed by atoms with Crippen molar-refractivity contribution in [2.45, 2.75) is 27.2 Å². The number of anilines is 3. The number of nitrogens with one attached hydrogen (secondary N) is 2. The van der Waals surface area contributed by atoms with E-state index in [2.05, 4.69) is 27.5 Å². The Morgan fingerprint density at radius 2 is 1.57 bits per heavy atom. The summed E-state index contributed by atoms with van der Waals surface area (Å²) in [5.41, 5.74) is 3.60. The van der Waals surface area contributed by atoms with Crippen molar-refractivity contribution in [2.75, 3.05) is 10.6 Å². The minimum absolute atomic E-state index is 0.00959. The standard InChI is InChI=1S/C22H22N4O2/c1-4-16-5-9-19(10-6-16)26-22(28)20-13-21(24-15(3)23-20)25-18-11-7-17(8-12-18)14(2)27/h5-13H,4H2,1-3H3,(H,26,28)(H,23,24,25). The second-order valence-electron chi connectivity index (χ2n) is 6.45. The van der Waals surface area contributed by atoms with E-state index < -0.39 is 0 Å². The first-order valence-electron chi connectivity index (χ1n) is 9.08. The van der Waals surface area contributed by atoms with E-state index in [1.54, 1.807) is 37.3 Å². The first-order valence-corrected chi connectivity index (χ1v) is 9.08. The number of carbonyl (C=O) groups is 2.